The number of aromatic nitrogens is 1. The molecule has 3 aromatic rings. The summed E-state index contributed by atoms with van der Waals surface area (Å²) in [5.41, 5.74) is 3.79. The number of benzene rings is 2. The molecule has 31 heavy (non-hydrogen) atoms. The summed E-state index contributed by atoms with van der Waals surface area (Å²) in [6, 6.07) is 12.1. The summed E-state index contributed by atoms with van der Waals surface area (Å²) in [5.74, 6) is 1.39. The quantitative estimate of drug-likeness (QED) is 0.623. The fourth-order valence-corrected chi connectivity index (χ4v) is 5.90. The number of carbonyl (C=O) groups is 1. The first-order valence-corrected chi connectivity index (χ1v) is 12.1. The van der Waals surface area contributed by atoms with E-state index in [0.29, 0.717) is 12.5 Å². The number of amides is 1. The molecule has 0 spiro atoms. The molecule has 0 saturated carbocycles. The lowest BCUT2D eigenvalue weighted by atomic mass is 9.97. The first kappa shape index (κ1) is 20.5. The van der Waals surface area contributed by atoms with Crippen LogP contribution in [0.3, 0.4) is 0 Å². The van der Waals surface area contributed by atoms with Gasteiger partial charge in [0.2, 0.25) is 0 Å². The van der Waals surface area contributed by atoms with Crippen molar-refractivity contribution in [3.05, 3.63) is 58.1 Å². The monoisotopic (exact) mass is 435 g/mol. The Morgan fingerprint density at radius 3 is 2.84 bits per heavy atom. The Morgan fingerprint density at radius 1 is 1.23 bits per heavy atom. The van der Waals surface area contributed by atoms with Gasteiger partial charge in [0, 0.05) is 23.5 Å². The van der Waals surface area contributed by atoms with Gasteiger partial charge < -0.3 is 15.0 Å². The fraction of sp³-hybridized carbons (Fsp3) is 0.440. The Labute approximate surface area is 187 Å². The number of nitrogens with one attached hydrogen (secondary N) is 1. The van der Waals surface area contributed by atoms with Gasteiger partial charge in [-0.15, -0.1) is 11.3 Å². The Morgan fingerprint density at radius 2 is 2.03 bits per heavy atom. The van der Waals surface area contributed by atoms with Gasteiger partial charge in [0.05, 0.1) is 27.9 Å². The highest BCUT2D eigenvalue weighted by atomic mass is 32.1. The van der Waals surface area contributed by atoms with Crippen LogP contribution in [0.15, 0.2) is 36.4 Å². The van der Waals surface area contributed by atoms with Crippen LogP contribution in [-0.2, 0) is 0 Å². The summed E-state index contributed by atoms with van der Waals surface area (Å²) in [6.45, 7) is 8.28. The lowest BCUT2D eigenvalue weighted by molar-refractivity contribution is 0.0924. The number of thiazole rings is 1. The van der Waals surface area contributed by atoms with Crippen molar-refractivity contribution in [1.29, 1.82) is 0 Å². The molecule has 0 radical (unpaired) electrons. The van der Waals surface area contributed by atoms with Crippen molar-refractivity contribution >= 4 is 27.5 Å². The third-order valence-corrected chi connectivity index (χ3v) is 7.82. The molecule has 1 amide bonds. The van der Waals surface area contributed by atoms with Crippen LogP contribution < -0.4 is 10.1 Å². The number of likely N-dealkylation sites (tertiary alicyclic amines) is 1. The topological polar surface area (TPSA) is 54.5 Å². The van der Waals surface area contributed by atoms with E-state index in [9.17, 15) is 4.79 Å². The van der Waals surface area contributed by atoms with Gasteiger partial charge in [-0.2, -0.15) is 0 Å². The largest absolute Gasteiger partial charge is 0.493 e. The number of aryl methyl sites for hydroxylation is 1. The SMILES string of the molecule is CCN1CCC(c2nc3cc(C)c(C(=O)N[C@H]4CCOc5ccccc54)cc3s2)CC1. The second-order valence-corrected chi connectivity index (χ2v) is 9.66. The number of para-hydroxylation sites is 1. The zero-order valence-electron chi connectivity index (χ0n) is 18.2. The van der Waals surface area contributed by atoms with Gasteiger partial charge >= 0.3 is 0 Å². The molecule has 1 saturated heterocycles. The molecule has 5 rings (SSSR count). The van der Waals surface area contributed by atoms with Gasteiger partial charge in [-0.05, 0) is 63.2 Å². The lowest BCUT2D eigenvalue weighted by Gasteiger charge is -2.29. The van der Waals surface area contributed by atoms with E-state index in [-0.39, 0.29) is 11.9 Å². The van der Waals surface area contributed by atoms with E-state index >= 15 is 0 Å². The van der Waals surface area contributed by atoms with Crippen molar-refractivity contribution in [3.8, 4) is 5.75 Å². The molecular weight excluding hydrogens is 406 g/mol. The number of carbonyl (C=O) groups excluding carboxylic acids is 1. The smallest absolute Gasteiger partial charge is 0.252 e. The van der Waals surface area contributed by atoms with E-state index in [1.165, 1.54) is 17.8 Å². The zero-order valence-corrected chi connectivity index (χ0v) is 19.0. The highest BCUT2D eigenvalue weighted by Gasteiger charge is 2.25. The lowest BCUT2D eigenvalue weighted by Crippen LogP contribution is -2.32. The van der Waals surface area contributed by atoms with Crippen LogP contribution in [0.5, 0.6) is 5.75 Å². The minimum Gasteiger partial charge on any atom is -0.493 e. The molecule has 5 nitrogen and oxygen atoms in total. The second-order valence-electron chi connectivity index (χ2n) is 8.60. The van der Waals surface area contributed by atoms with E-state index in [2.05, 4.69) is 23.2 Å². The summed E-state index contributed by atoms with van der Waals surface area (Å²) >= 11 is 1.76. The summed E-state index contributed by atoms with van der Waals surface area (Å²) in [7, 11) is 0. The molecule has 1 N–H and O–H groups in total. The summed E-state index contributed by atoms with van der Waals surface area (Å²) in [5, 5.41) is 4.46. The van der Waals surface area contributed by atoms with Crippen LogP contribution in [0.1, 0.15) is 64.6 Å². The molecule has 6 heteroatoms. The van der Waals surface area contributed by atoms with E-state index in [4.69, 9.17) is 9.72 Å². The van der Waals surface area contributed by atoms with Gasteiger partial charge in [-0.25, -0.2) is 4.98 Å². The number of fused-ring (bicyclic) bond motifs is 2. The highest BCUT2D eigenvalue weighted by molar-refractivity contribution is 7.18. The Hall–Kier alpha value is -2.44. The maximum absolute atomic E-state index is 13.2. The number of nitrogens with zero attached hydrogens (tertiary/aromatic N) is 2. The molecule has 0 aliphatic carbocycles. The molecule has 0 bridgehead atoms. The van der Waals surface area contributed by atoms with E-state index in [1.807, 2.05) is 37.3 Å². The van der Waals surface area contributed by atoms with Crippen LogP contribution in [0.4, 0.5) is 0 Å². The van der Waals surface area contributed by atoms with Crippen LogP contribution in [0.2, 0.25) is 0 Å². The minimum atomic E-state index is -0.0210. The molecule has 1 fully saturated rings. The van der Waals surface area contributed by atoms with E-state index in [1.54, 1.807) is 11.3 Å². The van der Waals surface area contributed by atoms with Crippen molar-refractivity contribution in [3.63, 3.8) is 0 Å². The van der Waals surface area contributed by atoms with Gasteiger partial charge in [0.25, 0.3) is 5.91 Å². The molecule has 1 atom stereocenters. The Kier molecular flexibility index (Phi) is 5.67. The average Bonchev–Trinajstić information content (AvgIpc) is 3.21. The standard InChI is InChI=1S/C25H29N3O2S/c1-3-28-11-8-17(9-12-28)25-27-21-14-16(2)19(15-23(21)31-25)24(29)26-20-10-13-30-22-7-5-4-6-18(20)22/h4-7,14-15,17,20H,3,8-13H2,1-2H3,(H,26,29)/t20-/m0/s1. The Balaban J connectivity index is 1.37. The fourth-order valence-electron chi connectivity index (χ4n) is 4.74. The molecule has 2 aliphatic heterocycles. The predicted octanol–water partition coefficient (Wildman–Crippen LogP) is 5.06. The normalized spacial score (nSPS) is 19.7. The summed E-state index contributed by atoms with van der Waals surface area (Å²) in [6.07, 6.45) is 3.12. The average molecular weight is 436 g/mol. The van der Waals surface area contributed by atoms with Crippen molar-refractivity contribution in [2.75, 3.05) is 26.2 Å². The number of hydrogen-bond acceptors (Lipinski definition) is 5. The van der Waals surface area contributed by atoms with Crippen LogP contribution in [0, 0.1) is 6.92 Å². The van der Waals surface area contributed by atoms with Crippen molar-refractivity contribution in [2.45, 2.75) is 45.1 Å². The van der Waals surface area contributed by atoms with Crippen molar-refractivity contribution in [2.24, 2.45) is 0 Å². The molecule has 0 unspecified atom stereocenters. The van der Waals surface area contributed by atoms with Crippen LogP contribution in [-0.4, -0.2) is 42.0 Å². The number of rotatable bonds is 4. The third kappa shape index (κ3) is 4.06. The maximum Gasteiger partial charge on any atom is 0.252 e. The summed E-state index contributed by atoms with van der Waals surface area (Å²) < 4.78 is 6.84. The van der Waals surface area contributed by atoms with E-state index < -0.39 is 0 Å². The highest BCUT2D eigenvalue weighted by Crippen LogP contribution is 2.35. The third-order valence-electron chi connectivity index (χ3n) is 6.64. The minimum absolute atomic E-state index is 0.0201. The van der Waals surface area contributed by atoms with Gasteiger partial charge in [0.15, 0.2) is 0 Å². The molecule has 2 aliphatic rings. The molecule has 3 heterocycles. The van der Waals surface area contributed by atoms with Gasteiger partial charge in [-0.3, -0.25) is 4.79 Å². The first-order valence-electron chi connectivity index (χ1n) is 11.3. The van der Waals surface area contributed by atoms with Crippen LogP contribution >= 0.6 is 11.3 Å². The van der Waals surface area contributed by atoms with Gasteiger partial charge in [-0.1, -0.05) is 25.1 Å². The van der Waals surface area contributed by atoms with E-state index in [0.717, 1.165) is 58.7 Å². The number of ether oxygens (including phenoxy) is 1. The van der Waals surface area contributed by atoms with Gasteiger partial charge in [0.1, 0.15) is 5.75 Å². The maximum atomic E-state index is 13.2. The Bertz CT molecular complexity index is 1100. The second kappa shape index (κ2) is 8.60. The summed E-state index contributed by atoms with van der Waals surface area (Å²) in [4.78, 5) is 20.6. The van der Waals surface area contributed by atoms with Crippen LogP contribution in [0.25, 0.3) is 10.2 Å². The van der Waals surface area contributed by atoms with Crippen molar-refractivity contribution in [1.82, 2.24) is 15.2 Å². The number of hydrogen-bond donors (Lipinski definition) is 1. The number of piperidine rings is 1. The predicted molar refractivity (Wildman–Crippen MR) is 125 cm³/mol. The molecule has 1 aromatic heterocycles. The molecular formula is C25H29N3O2S. The molecule has 162 valence electrons. The van der Waals surface area contributed by atoms with Crippen molar-refractivity contribution < 1.29 is 9.53 Å². The molecule has 2 aromatic carbocycles. The zero-order chi connectivity index (χ0) is 21.4. The first-order chi connectivity index (χ1) is 15.1.